The SMILES string of the molecule is COc1ccc(N2CCN(C(=O)/C=C/c3cc4ccccc4[nH]c3=O)CC2)cc1. The zero-order valence-corrected chi connectivity index (χ0v) is 16.3. The van der Waals surface area contributed by atoms with Gasteiger partial charge in [0.15, 0.2) is 0 Å². The van der Waals surface area contributed by atoms with Crippen LogP contribution in [0.3, 0.4) is 0 Å². The summed E-state index contributed by atoms with van der Waals surface area (Å²) in [5.74, 6) is 0.753. The third-order valence-corrected chi connectivity index (χ3v) is 5.22. The molecule has 0 atom stereocenters. The first kappa shape index (κ1) is 18.8. The van der Waals surface area contributed by atoms with Gasteiger partial charge in [-0.2, -0.15) is 0 Å². The average Bonchev–Trinajstić information content (AvgIpc) is 2.77. The van der Waals surface area contributed by atoms with Crippen LogP contribution in [0.15, 0.2) is 65.5 Å². The zero-order valence-electron chi connectivity index (χ0n) is 16.3. The Labute approximate surface area is 169 Å². The molecule has 1 saturated heterocycles. The van der Waals surface area contributed by atoms with Crippen LogP contribution in [-0.2, 0) is 4.79 Å². The number of para-hydroxylation sites is 1. The third-order valence-electron chi connectivity index (χ3n) is 5.22. The van der Waals surface area contributed by atoms with Crippen LogP contribution in [0, 0.1) is 0 Å². The first-order chi connectivity index (χ1) is 14.1. The largest absolute Gasteiger partial charge is 0.497 e. The molecule has 0 bridgehead atoms. The Morgan fingerprint density at radius 1 is 1.03 bits per heavy atom. The first-order valence-electron chi connectivity index (χ1n) is 9.62. The van der Waals surface area contributed by atoms with Gasteiger partial charge in [0.05, 0.1) is 7.11 Å². The molecule has 1 aromatic heterocycles. The van der Waals surface area contributed by atoms with Gasteiger partial charge in [-0.05, 0) is 47.9 Å². The van der Waals surface area contributed by atoms with Crippen LogP contribution < -0.4 is 15.2 Å². The number of nitrogens with zero attached hydrogens (tertiary/aromatic N) is 2. The number of aromatic nitrogens is 1. The second-order valence-electron chi connectivity index (χ2n) is 6.98. The van der Waals surface area contributed by atoms with Gasteiger partial charge in [0, 0.05) is 49.0 Å². The predicted octanol–water partition coefficient (Wildman–Crippen LogP) is 2.90. The van der Waals surface area contributed by atoms with Crippen molar-refractivity contribution < 1.29 is 9.53 Å². The fourth-order valence-electron chi connectivity index (χ4n) is 3.53. The molecule has 0 aliphatic carbocycles. The van der Waals surface area contributed by atoms with E-state index in [-0.39, 0.29) is 11.5 Å². The second kappa shape index (κ2) is 8.22. The van der Waals surface area contributed by atoms with E-state index in [0.717, 1.165) is 35.4 Å². The number of methoxy groups -OCH3 is 1. The Morgan fingerprint density at radius 3 is 2.48 bits per heavy atom. The molecule has 1 N–H and O–H groups in total. The van der Waals surface area contributed by atoms with Gasteiger partial charge in [-0.15, -0.1) is 0 Å². The Kier molecular flexibility index (Phi) is 5.33. The number of H-pyrrole nitrogens is 1. The van der Waals surface area contributed by atoms with E-state index in [0.29, 0.717) is 18.7 Å². The zero-order chi connectivity index (χ0) is 20.2. The van der Waals surface area contributed by atoms with Crippen LogP contribution in [0.4, 0.5) is 5.69 Å². The minimum Gasteiger partial charge on any atom is -0.497 e. The predicted molar refractivity (Wildman–Crippen MR) is 115 cm³/mol. The minimum atomic E-state index is -0.197. The summed E-state index contributed by atoms with van der Waals surface area (Å²) in [6.45, 7) is 2.82. The molecule has 0 spiro atoms. The van der Waals surface area contributed by atoms with Gasteiger partial charge in [-0.1, -0.05) is 18.2 Å². The highest BCUT2D eigenvalue weighted by Crippen LogP contribution is 2.20. The number of fused-ring (bicyclic) bond motifs is 1. The number of carbonyl (C=O) groups is 1. The van der Waals surface area contributed by atoms with Crippen molar-refractivity contribution in [3.05, 3.63) is 76.6 Å². The van der Waals surface area contributed by atoms with E-state index in [4.69, 9.17) is 4.74 Å². The number of pyridine rings is 1. The maximum Gasteiger partial charge on any atom is 0.255 e. The minimum absolute atomic E-state index is 0.0769. The maximum atomic E-state index is 12.6. The number of benzene rings is 2. The summed E-state index contributed by atoms with van der Waals surface area (Å²) in [5, 5.41) is 0.937. The van der Waals surface area contributed by atoms with E-state index < -0.39 is 0 Å². The van der Waals surface area contributed by atoms with Crippen LogP contribution >= 0.6 is 0 Å². The van der Waals surface area contributed by atoms with Crippen molar-refractivity contribution in [1.82, 2.24) is 9.88 Å². The van der Waals surface area contributed by atoms with Gasteiger partial charge < -0.3 is 19.5 Å². The molecule has 0 saturated carbocycles. The van der Waals surface area contributed by atoms with Gasteiger partial charge in [0.2, 0.25) is 5.91 Å². The molecule has 1 amide bonds. The highest BCUT2D eigenvalue weighted by molar-refractivity contribution is 5.92. The van der Waals surface area contributed by atoms with Crippen LogP contribution in [-0.4, -0.2) is 49.1 Å². The highest BCUT2D eigenvalue weighted by Gasteiger charge is 2.20. The summed E-state index contributed by atoms with van der Waals surface area (Å²) >= 11 is 0. The number of ether oxygens (including phenoxy) is 1. The van der Waals surface area contributed by atoms with E-state index in [9.17, 15) is 9.59 Å². The van der Waals surface area contributed by atoms with Crippen molar-refractivity contribution in [3.63, 3.8) is 0 Å². The molecule has 1 aliphatic heterocycles. The summed E-state index contributed by atoms with van der Waals surface area (Å²) in [4.78, 5) is 31.7. The Balaban J connectivity index is 1.39. The Morgan fingerprint density at radius 2 is 1.76 bits per heavy atom. The van der Waals surface area contributed by atoms with E-state index in [1.165, 1.54) is 6.08 Å². The topological polar surface area (TPSA) is 65.6 Å². The number of nitrogens with one attached hydrogen (secondary N) is 1. The van der Waals surface area contributed by atoms with Crippen LogP contribution in [0.2, 0.25) is 0 Å². The van der Waals surface area contributed by atoms with Crippen molar-refractivity contribution >= 4 is 28.6 Å². The average molecular weight is 389 g/mol. The smallest absolute Gasteiger partial charge is 0.255 e. The summed E-state index contributed by atoms with van der Waals surface area (Å²) in [5.41, 5.74) is 2.19. The van der Waals surface area contributed by atoms with Crippen molar-refractivity contribution in [2.45, 2.75) is 0 Å². The number of carbonyl (C=O) groups excluding carboxylic acids is 1. The molecule has 2 aromatic carbocycles. The molecule has 4 rings (SSSR count). The molecule has 2 heterocycles. The van der Waals surface area contributed by atoms with Crippen LogP contribution in [0.5, 0.6) is 5.75 Å². The number of hydrogen-bond donors (Lipinski definition) is 1. The number of hydrogen-bond acceptors (Lipinski definition) is 4. The van der Waals surface area contributed by atoms with Crippen molar-refractivity contribution in [2.24, 2.45) is 0 Å². The molecule has 0 radical (unpaired) electrons. The lowest BCUT2D eigenvalue weighted by Crippen LogP contribution is -2.48. The maximum absolute atomic E-state index is 12.6. The molecule has 148 valence electrons. The quantitative estimate of drug-likeness (QED) is 0.697. The third kappa shape index (κ3) is 4.16. The van der Waals surface area contributed by atoms with Crippen LogP contribution in [0.1, 0.15) is 5.56 Å². The first-order valence-corrected chi connectivity index (χ1v) is 9.62. The highest BCUT2D eigenvalue weighted by atomic mass is 16.5. The Bertz CT molecular complexity index is 1090. The fraction of sp³-hybridized carbons (Fsp3) is 0.217. The van der Waals surface area contributed by atoms with Gasteiger partial charge in [-0.25, -0.2) is 0 Å². The number of aromatic amines is 1. The lowest BCUT2D eigenvalue weighted by atomic mass is 10.1. The lowest BCUT2D eigenvalue weighted by molar-refractivity contribution is -0.126. The van der Waals surface area contributed by atoms with Gasteiger partial charge >= 0.3 is 0 Å². The van der Waals surface area contributed by atoms with E-state index in [1.807, 2.05) is 53.4 Å². The molecule has 29 heavy (non-hydrogen) atoms. The summed E-state index contributed by atoms with van der Waals surface area (Å²) in [7, 11) is 1.65. The number of piperazine rings is 1. The molecule has 3 aromatic rings. The lowest BCUT2D eigenvalue weighted by Gasteiger charge is -2.35. The molecule has 6 nitrogen and oxygen atoms in total. The number of amides is 1. The second-order valence-corrected chi connectivity index (χ2v) is 6.98. The van der Waals surface area contributed by atoms with Crippen molar-refractivity contribution in [1.29, 1.82) is 0 Å². The molecular formula is C23H23N3O3. The van der Waals surface area contributed by atoms with Crippen molar-refractivity contribution in [3.8, 4) is 5.75 Å². The van der Waals surface area contributed by atoms with Gasteiger partial charge in [0.1, 0.15) is 5.75 Å². The van der Waals surface area contributed by atoms with E-state index in [1.54, 1.807) is 19.3 Å². The number of anilines is 1. The standard InChI is InChI=1S/C23H23N3O3/c1-29-20-9-7-19(8-10-20)25-12-14-26(15-13-25)22(27)11-6-18-16-17-4-2-3-5-21(17)24-23(18)28/h2-11,16H,12-15H2,1H3,(H,24,28)/b11-6+. The van der Waals surface area contributed by atoms with Gasteiger partial charge in [-0.3, -0.25) is 9.59 Å². The normalized spacial score (nSPS) is 14.5. The summed E-state index contributed by atoms with van der Waals surface area (Å²) in [6.07, 6.45) is 3.09. The molecule has 1 aliphatic rings. The van der Waals surface area contributed by atoms with E-state index in [2.05, 4.69) is 9.88 Å². The van der Waals surface area contributed by atoms with E-state index >= 15 is 0 Å². The number of rotatable bonds is 4. The monoisotopic (exact) mass is 389 g/mol. The fourth-order valence-corrected chi connectivity index (χ4v) is 3.53. The summed E-state index contributed by atoms with van der Waals surface area (Å²) in [6, 6.07) is 17.3. The molecule has 6 heteroatoms. The molecule has 1 fully saturated rings. The van der Waals surface area contributed by atoms with Crippen LogP contribution in [0.25, 0.3) is 17.0 Å². The Hall–Kier alpha value is -3.54. The summed E-state index contributed by atoms with van der Waals surface area (Å²) < 4.78 is 5.20. The van der Waals surface area contributed by atoms with Gasteiger partial charge in [0.25, 0.3) is 5.56 Å². The molecular weight excluding hydrogens is 366 g/mol. The molecule has 0 unspecified atom stereocenters. The van der Waals surface area contributed by atoms with Crippen molar-refractivity contribution in [2.75, 3.05) is 38.2 Å².